The summed E-state index contributed by atoms with van der Waals surface area (Å²) in [6.45, 7) is 4.41. The van der Waals surface area contributed by atoms with Gasteiger partial charge in [-0.15, -0.1) is 24.0 Å². The van der Waals surface area contributed by atoms with E-state index >= 15 is 0 Å². The van der Waals surface area contributed by atoms with Crippen LogP contribution in [0.2, 0.25) is 5.02 Å². The summed E-state index contributed by atoms with van der Waals surface area (Å²) in [5, 5.41) is 17.4. The molecule has 1 aliphatic carbocycles. The number of halogens is 3. The standard InChI is InChI=1S/C19H23ClFN3O2.HI/c1-3-22-18(23-11-19(2,25)16-8-5-9-26-16)24-15-10-12(15)17-13(20)6-4-7-14(17)21;/h4-9,12,15,25H,3,10-11H2,1-2H3,(H2,22,23,24);1H. The number of nitrogens with one attached hydrogen (secondary N) is 2. The molecule has 1 heterocycles. The van der Waals surface area contributed by atoms with Crippen molar-refractivity contribution < 1.29 is 13.9 Å². The minimum absolute atomic E-state index is 0. The fourth-order valence-electron chi connectivity index (χ4n) is 2.93. The maximum Gasteiger partial charge on any atom is 0.191 e. The van der Waals surface area contributed by atoms with Crippen molar-refractivity contribution in [1.82, 2.24) is 10.6 Å². The molecule has 148 valence electrons. The Morgan fingerprint density at radius 3 is 2.81 bits per heavy atom. The summed E-state index contributed by atoms with van der Waals surface area (Å²) >= 11 is 6.15. The zero-order chi connectivity index (χ0) is 18.7. The molecule has 3 rings (SSSR count). The van der Waals surface area contributed by atoms with E-state index in [1.807, 2.05) is 6.92 Å². The Balaban J connectivity index is 0.00000261. The van der Waals surface area contributed by atoms with E-state index in [2.05, 4.69) is 15.6 Å². The van der Waals surface area contributed by atoms with Crippen LogP contribution in [-0.4, -0.2) is 30.2 Å². The molecule has 8 heteroatoms. The van der Waals surface area contributed by atoms with E-state index in [1.165, 1.54) is 12.3 Å². The van der Waals surface area contributed by atoms with Crippen LogP contribution in [0.25, 0.3) is 0 Å². The second-order valence-electron chi connectivity index (χ2n) is 6.67. The number of nitrogens with zero attached hydrogens (tertiary/aromatic N) is 1. The Labute approximate surface area is 180 Å². The van der Waals surface area contributed by atoms with E-state index in [0.717, 1.165) is 6.42 Å². The first-order valence-corrected chi connectivity index (χ1v) is 9.05. The molecule has 0 aliphatic heterocycles. The Morgan fingerprint density at radius 2 is 2.19 bits per heavy atom. The lowest BCUT2D eigenvalue weighted by molar-refractivity contribution is 0.0437. The van der Waals surface area contributed by atoms with Crippen molar-refractivity contribution in [1.29, 1.82) is 0 Å². The Morgan fingerprint density at radius 1 is 1.41 bits per heavy atom. The summed E-state index contributed by atoms with van der Waals surface area (Å²) in [7, 11) is 0. The van der Waals surface area contributed by atoms with Crippen LogP contribution in [0.3, 0.4) is 0 Å². The Kier molecular flexibility index (Phi) is 7.53. The van der Waals surface area contributed by atoms with E-state index < -0.39 is 5.60 Å². The minimum Gasteiger partial charge on any atom is -0.466 e. The molecule has 2 aromatic rings. The minimum atomic E-state index is -1.20. The highest BCUT2D eigenvalue weighted by Gasteiger charge is 2.42. The largest absolute Gasteiger partial charge is 0.466 e. The van der Waals surface area contributed by atoms with Gasteiger partial charge in [0.15, 0.2) is 5.96 Å². The second kappa shape index (κ2) is 9.25. The van der Waals surface area contributed by atoms with E-state index in [-0.39, 0.29) is 48.3 Å². The molecular formula is C19H24ClFIN3O2. The lowest BCUT2D eigenvalue weighted by atomic mass is 10.0. The van der Waals surface area contributed by atoms with Gasteiger partial charge in [0.05, 0.1) is 12.8 Å². The molecule has 1 saturated carbocycles. The SMILES string of the molecule is CCNC(=NCC(C)(O)c1ccco1)NC1CC1c1c(F)cccc1Cl.I. The third-order valence-electron chi connectivity index (χ3n) is 4.42. The molecule has 3 atom stereocenters. The molecule has 0 saturated heterocycles. The molecule has 0 bridgehead atoms. The van der Waals surface area contributed by atoms with Gasteiger partial charge in [0.25, 0.3) is 0 Å². The van der Waals surface area contributed by atoms with Crippen molar-refractivity contribution in [2.24, 2.45) is 4.99 Å². The van der Waals surface area contributed by atoms with Gasteiger partial charge < -0.3 is 20.2 Å². The molecule has 1 aromatic heterocycles. The number of aliphatic imine (C=N–C) groups is 1. The average molecular weight is 508 g/mol. The fraction of sp³-hybridized carbons (Fsp3) is 0.421. The van der Waals surface area contributed by atoms with Crippen molar-refractivity contribution in [3.8, 4) is 0 Å². The van der Waals surface area contributed by atoms with Gasteiger partial charge in [-0.05, 0) is 44.5 Å². The molecule has 3 unspecified atom stereocenters. The van der Waals surface area contributed by atoms with E-state index in [9.17, 15) is 9.50 Å². The van der Waals surface area contributed by atoms with Gasteiger partial charge in [-0.25, -0.2) is 9.38 Å². The molecule has 0 spiro atoms. The van der Waals surface area contributed by atoms with Crippen LogP contribution in [0.4, 0.5) is 4.39 Å². The van der Waals surface area contributed by atoms with Crippen LogP contribution >= 0.6 is 35.6 Å². The Hall–Kier alpha value is -1.32. The summed E-state index contributed by atoms with van der Waals surface area (Å²) < 4.78 is 19.3. The molecule has 0 amide bonds. The van der Waals surface area contributed by atoms with E-state index in [1.54, 1.807) is 31.2 Å². The zero-order valence-electron chi connectivity index (χ0n) is 15.2. The number of rotatable bonds is 6. The molecule has 1 aliphatic rings. The molecule has 27 heavy (non-hydrogen) atoms. The summed E-state index contributed by atoms with van der Waals surface area (Å²) in [6.07, 6.45) is 2.30. The number of aliphatic hydroxyl groups is 1. The highest BCUT2D eigenvalue weighted by atomic mass is 127. The first kappa shape index (κ1) is 22.0. The summed E-state index contributed by atoms with van der Waals surface area (Å²) in [4.78, 5) is 4.45. The van der Waals surface area contributed by atoms with E-state index in [0.29, 0.717) is 28.9 Å². The Bertz CT molecular complexity index is 763. The van der Waals surface area contributed by atoms with Crippen LogP contribution in [-0.2, 0) is 5.60 Å². The lowest BCUT2D eigenvalue weighted by Crippen LogP contribution is -2.40. The molecule has 3 N–H and O–H groups in total. The highest BCUT2D eigenvalue weighted by Crippen LogP contribution is 2.44. The smallest absolute Gasteiger partial charge is 0.191 e. The van der Waals surface area contributed by atoms with Gasteiger partial charge in [0.1, 0.15) is 17.2 Å². The second-order valence-corrected chi connectivity index (χ2v) is 7.08. The first-order chi connectivity index (χ1) is 12.4. The van der Waals surface area contributed by atoms with Crippen molar-refractivity contribution in [2.45, 2.75) is 37.8 Å². The van der Waals surface area contributed by atoms with Crippen LogP contribution in [0, 0.1) is 5.82 Å². The van der Waals surface area contributed by atoms with Crippen molar-refractivity contribution >= 4 is 41.5 Å². The normalized spacial score (nSPS) is 21.1. The molecule has 1 fully saturated rings. The van der Waals surface area contributed by atoms with Crippen molar-refractivity contribution in [3.63, 3.8) is 0 Å². The number of guanidine groups is 1. The topological polar surface area (TPSA) is 69.8 Å². The molecule has 1 aromatic carbocycles. The van der Waals surface area contributed by atoms with Crippen LogP contribution in [0.5, 0.6) is 0 Å². The van der Waals surface area contributed by atoms with Crippen LogP contribution in [0.1, 0.15) is 37.5 Å². The molecular weight excluding hydrogens is 484 g/mol. The maximum absolute atomic E-state index is 14.1. The van der Waals surface area contributed by atoms with Crippen LogP contribution < -0.4 is 10.6 Å². The van der Waals surface area contributed by atoms with Gasteiger partial charge in [0.2, 0.25) is 0 Å². The average Bonchev–Trinajstić information content (AvgIpc) is 3.10. The monoisotopic (exact) mass is 507 g/mol. The maximum atomic E-state index is 14.1. The summed E-state index contributed by atoms with van der Waals surface area (Å²) in [5.74, 6) is 0.756. The summed E-state index contributed by atoms with van der Waals surface area (Å²) in [6, 6.07) is 8.23. The van der Waals surface area contributed by atoms with Gasteiger partial charge in [-0.1, -0.05) is 17.7 Å². The number of hydrogen-bond donors (Lipinski definition) is 3. The predicted molar refractivity (Wildman–Crippen MR) is 115 cm³/mol. The predicted octanol–water partition coefficient (Wildman–Crippen LogP) is 4.01. The number of hydrogen-bond acceptors (Lipinski definition) is 3. The zero-order valence-corrected chi connectivity index (χ0v) is 18.3. The van der Waals surface area contributed by atoms with Gasteiger partial charge in [0, 0.05) is 29.1 Å². The third-order valence-corrected chi connectivity index (χ3v) is 4.75. The fourth-order valence-corrected chi connectivity index (χ4v) is 3.23. The third kappa shape index (κ3) is 5.36. The van der Waals surface area contributed by atoms with Crippen molar-refractivity contribution in [2.75, 3.05) is 13.1 Å². The van der Waals surface area contributed by atoms with E-state index in [4.69, 9.17) is 16.0 Å². The van der Waals surface area contributed by atoms with Gasteiger partial charge in [-0.3, -0.25) is 0 Å². The van der Waals surface area contributed by atoms with Crippen molar-refractivity contribution in [3.05, 3.63) is 58.8 Å². The van der Waals surface area contributed by atoms with Gasteiger partial charge >= 0.3 is 0 Å². The van der Waals surface area contributed by atoms with Crippen LogP contribution in [0.15, 0.2) is 46.0 Å². The number of furan rings is 1. The number of benzene rings is 1. The molecule has 5 nitrogen and oxygen atoms in total. The first-order valence-electron chi connectivity index (χ1n) is 8.67. The molecule has 0 radical (unpaired) electrons. The van der Waals surface area contributed by atoms with Gasteiger partial charge in [-0.2, -0.15) is 0 Å². The quantitative estimate of drug-likeness (QED) is 0.314. The highest BCUT2D eigenvalue weighted by molar-refractivity contribution is 14.0. The lowest BCUT2D eigenvalue weighted by Gasteiger charge is -2.19. The summed E-state index contributed by atoms with van der Waals surface area (Å²) in [5.41, 5.74) is -0.658.